The third-order valence-corrected chi connectivity index (χ3v) is 2.42. The Hall–Kier alpha value is -1.17. The molecule has 1 aliphatic heterocycles. The van der Waals surface area contributed by atoms with Gasteiger partial charge < -0.3 is 18.9 Å². The van der Waals surface area contributed by atoms with Gasteiger partial charge in [-0.05, 0) is 19.1 Å². The van der Waals surface area contributed by atoms with Crippen LogP contribution in [-0.4, -0.2) is 38.8 Å². The van der Waals surface area contributed by atoms with Crippen molar-refractivity contribution >= 4 is 0 Å². The molecule has 1 aliphatic rings. The molecule has 1 heterocycles. The molecule has 18 heavy (non-hydrogen) atoms. The Morgan fingerprint density at radius 1 is 1.39 bits per heavy atom. The Kier molecular flexibility index (Phi) is 4.92. The van der Waals surface area contributed by atoms with E-state index in [1.54, 1.807) is 25.1 Å². The number of halogens is 1. The minimum Gasteiger partial charge on any atom is -0.462 e. The highest BCUT2D eigenvalue weighted by atomic mass is 19.1. The Balaban J connectivity index is 1.59. The molecule has 0 amide bonds. The zero-order valence-electron chi connectivity index (χ0n) is 10.3. The summed E-state index contributed by atoms with van der Waals surface area (Å²) in [5, 5.41) is 0. The quantitative estimate of drug-likeness (QED) is 0.405. The molecule has 1 fully saturated rings. The van der Waals surface area contributed by atoms with Gasteiger partial charge in [-0.2, -0.15) is 0 Å². The zero-order chi connectivity index (χ0) is 12.8. The molecule has 4 nitrogen and oxygen atoms in total. The monoisotopic (exact) mass is 256 g/mol. The lowest BCUT2D eigenvalue weighted by Crippen LogP contribution is -2.20. The molecular weight excluding hydrogens is 239 g/mol. The molecule has 1 aromatic rings. The van der Waals surface area contributed by atoms with Crippen LogP contribution in [0, 0.1) is 5.82 Å². The van der Waals surface area contributed by atoms with Crippen LogP contribution in [0.25, 0.3) is 0 Å². The maximum atomic E-state index is 13.3. The smallest absolute Gasteiger partial charge is 0.197 e. The van der Waals surface area contributed by atoms with Crippen LogP contribution in [0.2, 0.25) is 0 Å². The van der Waals surface area contributed by atoms with Crippen molar-refractivity contribution in [1.82, 2.24) is 0 Å². The summed E-state index contributed by atoms with van der Waals surface area (Å²) in [6.45, 7) is 3.99. The van der Waals surface area contributed by atoms with Crippen LogP contribution in [0.5, 0.6) is 5.75 Å². The van der Waals surface area contributed by atoms with Crippen molar-refractivity contribution in [3.8, 4) is 5.75 Å². The van der Waals surface area contributed by atoms with Crippen molar-refractivity contribution in [3.05, 3.63) is 30.1 Å². The largest absolute Gasteiger partial charge is 0.462 e. The van der Waals surface area contributed by atoms with E-state index in [4.69, 9.17) is 18.9 Å². The van der Waals surface area contributed by atoms with Gasteiger partial charge in [0.05, 0.1) is 26.4 Å². The molecule has 0 aliphatic carbocycles. The number of hydrogen-bond donors (Lipinski definition) is 0. The van der Waals surface area contributed by atoms with E-state index in [0.717, 1.165) is 6.61 Å². The van der Waals surface area contributed by atoms with Crippen LogP contribution in [0.3, 0.4) is 0 Å². The standard InChI is InChI=1S/C13H17FO4/c1-10(16-7-6-15-8-11-9-17-11)18-13-5-3-2-4-12(13)14/h2-5,10-11H,6-9H2,1H3. The number of hydrogen-bond acceptors (Lipinski definition) is 4. The van der Waals surface area contributed by atoms with Gasteiger partial charge in [-0.1, -0.05) is 12.1 Å². The van der Waals surface area contributed by atoms with Crippen molar-refractivity contribution in [2.75, 3.05) is 26.4 Å². The first kappa shape index (κ1) is 13.3. The summed E-state index contributed by atoms with van der Waals surface area (Å²) in [7, 11) is 0. The zero-order valence-corrected chi connectivity index (χ0v) is 10.3. The third-order valence-electron chi connectivity index (χ3n) is 2.42. The van der Waals surface area contributed by atoms with E-state index in [9.17, 15) is 4.39 Å². The Morgan fingerprint density at radius 2 is 2.17 bits per heavy atom. The lowest BCUT2D eigenvalue weighted by atomic mass is 10.3. The van der Waals surface area contributed by atoms with E-state index in [-0.39, 0.29) is 11.9 Å². The minimum absolute atomic E-state index is 0.192. The molecule has 5 heteroatoms. The van der Waals surface area contributed by atoms with E-state index in [1.165, 1.54) is 6.07 Å². The van der Waals surface area contributed by atoms with Gasteiger partial charge >= 0.3 is 0 Å². The van der Waals surface area contributed by atoms with Crippen LogP contribution in [0.15, 0.2) is 24.3 Å². The summed E-state index contributed by atoms with van der Waals surface area (Å²) < 4.78 is 34.2. The van der Waals surface area contributed by atoms with Crippen molar-refractivity contribution in [2.24, 2.45) is 0 Å². The van der Waals surface area contributed by atoms with Crippen LogP contribution in [-0.2, 0) is 14.2 Å². The summed E-state index contributed by atoms with van der Waals surface area (Å²) in [4.78, 5) is 0. The van der Waals surface area contributed by atoms with Crippen molar-refractivity contribution < 1.29 is 23.3 Å². The Morgan fingerprint density at radius 3 is 2.89 bits per heavy atom. The summed E-state index contributed by atoms with van der Waals surface area (Å²) in [6, 6.07) is 6.24. The van der Waals surface area contributed by atoms with Crippen LogP contribution in [0.4, 0.5) is 4.39 Å². The first-order chi connectivity index (χ1) is 8.75. The number of epoxide rings is 1. The van der Waals surface area contributed by atoms with E-state index >= 15 is 0 Å². The molecule has 0 N–H and O–H groups in total. The van der Waals surface area contributed by atoms with Crippen LogP contribution in [0.1, 0.15) is 6.92 Å². The minimum atomic E-state index is -0.511. The predicted octanol–water partition coefficient (Wildman–Crippen LogP) is 1.98. The highest BCUT2D eigenvalue weighted by molar-refractivity contribution is 5.23. The van der Waals surface area contributed by atoms with Gasteiger partial charge in [-0.15, -0.1) is 0 Å². The molecule has 2 unspecified atom stereocenters. The lowest BCUT2D eigenvalue weighted by molar-refractivity contribution is -0.0853. The molecule has 100 valence electrons. The van der Waals surface area contributed by atoms with Crippen LogP contribution >= 0.6 is 0 Å². The topological polar surface area (TPSA) is 40.2 Å². The third kappa shape index (κ3) is 4.60. The number of rotatable bonds is 8. The molecular formula is C13H17FO4. The van der Waals surface area contributed by atoms with Gasteiger partial charge in [0.25, 0.3) is 0 Å². The Labute approximate surface area is 106 Å². The second-order valence-electron chi connectivity index (χ2n) is 4.02. The summed E-state index contributed by atoms with van der Waals surface area (Å²) in [5.74, 6) is -0.201. The maximum Gasteiger partial charge on any atom is 0.197 e. The van der Waals surface area contributed by atoms with Gasteiger partial charge in [0.2, 0.25) is 0 Å². The van der Waals surface area contributed by atoms with Gasteiger partial charge in [0.15, 0.2) is 17.9 Å². The fraction of sp³-hybridized carbons (Fsp3) is 0.538. The molecule has 0 aromatic heterocycles. The van der Waals surface area contributed by atoms with E-state index in [2.05, 4.69) is 0 Å². The average molecular weight is 256 g/mol. The molecule has 0 saturated carbocycles. The van der Waals surface area contributed by atoms with Gasteiger partial charge in [-0.3, -0.25) is 0 Å². The highest BCUT2D eigenvalue weighted by Crippen LogP contribution is 2.17. The first-order valence-corrected chi connectivity index (χ1v) is 5.98. The normalized spacial score (nSPS) is 19.6. The Bertz CT molecular complexity index is 368. The van der Waals surface area contributed by atoms with Crippen LogP contribution < -0.4 is 4.74 Å². The van der Waals surface area contributed by atoms with E-state index < -0.39 is 12.1 Å². The highest BCUT2D eigenvalue weighted by Gasteiger charge is 2.22. The fourth-order valence-electron chi connectivity index (χ4n) is 1.41. The summed E-state index contributed by atoms with van der Waals surface area (Å²) >= 11 is 0. The number of ether oxygens (including phenoxy) is 4. The predicted molar refractivity (Wildman–Crippen MR) is 63.0 cm³/mol. The molecule has 2 rings (SSSR count). The first-order valence-electron chi connectivity index (χ1n) is 5.98. The van der Waals surface area contributed by atoms with Gasteiger partial charge in [-0.25, -0.2) is 4.39 Å². The van der Waals surface area contributed by atoms with Gasteiger partial charge in [0.1, 0.15) is 6.10 Å². The lowest BCUT2D eigenvalue weighted by Gasteiger charge is -2.15. The van der Waals surface area contributed by atoms with Gasteiger partial charge in [0, 0.05) is 0 Å². The SMILES string of the molecule is CC(OCCOCC1CO1)Oc1ccccc1F. The number of benzene rings is 1. The fourth-order valence-corrected chi connectivity index (χ4v) is 1.41. The average Bonchev–Trinajstić information content (AvgIpc) is 3.16. The molecule has 1 saturated heterocycles. The number of para-hydroxylation sites is 1. The summed E-state index contributed by atoms with van der Waals surface area (Å²) in [6.07, 6.45) is -0.250. The second kappa shape index (κ2) is 6.68. The summed E-state index contributed by atoms with van der Waals surface area (Å²) in [5.41, 5.74) is 0. The second-order valence-corrected chi connectivity index (χ2v) is 4.02. The van der Waals surface area contributed by atoms with Crippen molar-refractivity contribution in [2.45, 2.75) is 19.3 Å². The molecule has 0 bridgehead atoms. The maximum absolute atomic E-state index is 13.3. The van der Waals surface area contributed by atoms with E-state index in [0.29, 0.717) is 19.8 Å². The van der Waals surface area contributed by atoms with Crippen molar-refractivity contribution in [1.29, 1.82) is 0 Å². The molecule has 0 spiro atoms. The van der Waals surface area contributed by atoms with Crippen molar-refractivity contribution in [3.63, 3.8) is 0 Å². The van der Waals surface area contributed by atoms with E-state index in [1.807, 2.05) is 0 Å². The molecule has 0 radical (unpaired) electrons. The molecule has 1 aromatic carbocycles. The molecule has 2 atom stereocenters.